The molecule has 0 aliphatic carbocycles. The predicted molar refractivity (Wildman–Crippen MR) is 141 cm³/mol. The van der Waals surface area contributed by atoms with E-state index >= 15 is 0 Å². The summed E-state index contributed by atoms with van der Waals surface area (Å²) in [7, 11) is 3.16. The van der Waals surface area contributed by atoms with E-state index in [0.717, 1.165) is 11.3 Å². The lowest BCUT2D eigenvalue weighted by molar-refractivity contribution is -0.135. The summed E-state index contributed by atoms with van der Waals surface area (Å²) in [5, 5.41) is 4.07. The topological polar surface area (TPSA) is 98.9 Å². The highest BCUT2D eigenvalue weighted by Gasteiger charge is 2.28. The number of furan rings is 1. The lowest BCUT2D eigenvalue weighted by Crippen LogP contribution is -2.44. The molecule has 0 spiro atoms. The quantitative estimate of drug-likeness (QED) is 0.290. The minimum absolute atomic E-state index is 0.190. The number of benzene rings is 2. The summed E-state index contributed by atoms with van der Waals surface area (Å²) < 4.78 is 36.2. The van der Waals surface area contributed by atoms with Gasteiger partial charge in [-0.3, -0.25) is 4.79 Å². The van der Waals surface area contributed by atoms with Crippen LogP contribution in [0.15, 0.2) is 59.5 Å². The highest BCUT2D eigenvalue weighted by molar-refractivity contribution is 6.29. The van der Waals surface area contributed by atoms with E-state index in [-0.39, 0.29) is 6.10 Å². The van der Waals surface area contributed by atoms with Gasteiger partial charge in [-0.05, 0) is 36.4 Å². The van der Waals surface area contributed by atoms with Crippen molar-refractivity contribution in [1.29, 1.82) is 0 Å². The molecule has 4 aromatic rings. The number of hydrogen-bond donors (Lipinski definition) is 1. The van der Waals surface area contributed by atoms with E-state index in [9.17, 15) is 9.18 Å². The molecule has 38 heavy (non-hydrogen) atoms. The van der Waals surface area contributed by atoms with Crippen LogP contribution in [0.3, 0.4) is 0 Å². The fraction of sp³-hybridized carbons (Fsp3) is 0.296. The van der Waals surface area contributed by atoms with Gasteiger partial charge in [0.1, 0.15) is 29.8 Å². The van der Waals surface area contributed by atoms with E-state index < -0.39 is 11.5 Å². The highest BCUT2D eigenvalue weighted by atomic mass is 35.5. The third-order valence-electron chi connectivity index (χ3n) is 6.41. The fourth-order valence-electron chi connectivity index (χ4n) is 4.46. The minimum atomic E-state index is -2.03. The lowest BCUT2D eigenvalue weighted by Gasteiger charge is -2.32. The summed E-state index contributed by atoms with van der Waals surface area (Å²) in [6.45, 7) is 0.711. The minimum Gasteiger partial charge on any atom is -0.495 e. The molecule has 0 bridgehead atoms. The van der Waals surface area contributed by atoms with E-state index in [1.165, 1.54) is 11.2 Å². The van der Waals surface area contributed by atoms with Crippen molar-refractivity contribution in [2.45, 2.75) is 24.6 Å². The van der Waals surface area contributed by atoms with Crippen LogP contribution in [-0.4, -0.2) is 59.8 Å². The summed E-state index contributed by atoms with van der Waals surface area (Å²) in [6, 6.07) is 13.0. The number of carbonyl (C=O) groups is 1. The number of nitrogens with one attached hydrogen (secondary N) is 1. The molecule has 2 aromatic heterocycles. The number of hydrogen-bond acceptors (Lipinski definition) is 8. The highest BCUT2D eigenvalue weighted by Crippen LogP contribution is 2.38. The van der Waals surface area contributed by atoms with Gasteiger partial charge < -0.3 is 28.8 Å². The van der Waals surface area contributed by atoms with Crippen molar-refractivity contribution in [3.63, 3.8) is 0 Å². The van der Waals surface area contributed by atoms with Gasteiger partial charge in [0.05, 0.1) is 31.7 Å². The first kappa shape index (κ1) is 25.6. The van der Waals surface area contributed by atoms with E-state index in [1.54, 1.807) is 26.5 Å². The molecular weight excluding hydrogens is 515 g/mol. The molecule has 5 rings (SSSR count). The molecule has 9 nitrogen and oxygen atoms in total. The smallest absolute Gasteiger partial charge is 0.272 e. The zero-order valence-corrected chi connectivity index (χ0v) is 21.6. The Labute approximate surface area is 223 Å². The van der Waals surface area contributed by atoms with Gasteiger partial charge in [0, 0.05) is 42.9 Å². The molecule has 198 valence electrons. The number of alkyl halides is 2. The van der Waals surface area contributed by atoms with Gasteiger partial charge in [-0.2, -0.15) is 0 Å². The third kappa shape index (κ3) is 5.31. The molecule has 1 aliphatic rings. The first-order valence-electron chi connectivity index (χ1n) is 12.0. The van der Waals surface area contributed by atoms with Crippen molar-refractivity contribution in [1.82, 2.24) is 14.9 Å². The number of halogens is 2. The van der Waals surface area contributed by atoms with Crippen molar-refractivity contribution >= 4 is 39.9 Å². The van der Waals surface area contributed by atoms with Crippen molar-refractivity contribution in [3.8, 4) is 28.6 Å². The van der Waals surface area contributed by atoms with Crippen LogP contribution in [0.25, 0.3) is 22.2 Å². The molecule has 3 heterocycles. The number of piperidine rings is 1. The van der Waals surface area contributed by atoms with Crippen LogP contribution >= 0.6 is 11.6 Å². The number of methoxy groups -OCH3 is 2. The van der Waals surface area contributed by atoms with Crippen molar-refractivity contribution in [2.24, 2.45) is 0 Å². The Bertz CT molecular complexity index is 1420. The molecule has 0 saturated carbocycles. The number of carbonyl (C=O) groups excluding carboxylic acids is 1. The van der Waals surface area contributed by atoms with Crippen LogP contribution in [0.4, 0.5) is 15.9 Å². The molecule has 1 N–H and O–H groups in total. The Balaban J connectivity index is 1.43. The number of fused-ring (bicyclic) bond motifs is 1. The molecule has 1 fully saturated rings. The van der Waals surface area contributed by atoms with E-state index in [4.69, 9.17) is 30.2 Å². The van der Waals surface area contributed by atoms with E-state index in [1.807, 2.05) is 36.4 Å². The summed E-state index contributed by atoms with van der Waals surface area (Å²) in [6.07, 6.45) is 3.96. The molecule has 0 radical (unpaired) electrons. The lowest BCUT2D eigenvalue weighted by atomic mass is 10.1. The maximum atomic E-state index is 13.2. The van der Waals surface area contributed by atoms with Gasteiger partial charge in [-0.15, -0.1) is 0 Å². The molecule has 1 unspecified atom stereocenters. The number of rotatable bonds is 8. The third-order valence-corrected chi connectivity index (χ3v) is 6.60. The largest absolute Gasteiger partial charge is 0.495 e. The molecule has 1 aliphatic heterocycles. The molecule has 1 saturated heterocycles. The Morgan fingerprint density at radius 2 is 1.89 bits per heavy atom. The molecule has 1 atom stereocenters. The predicted octanol–water partition coefficient (Wildman–Crippen LogP) is 5.55. The molecular formula is C27H26ClFN4O5. The maximum Gasteiger partial charge on any atom is 0.272 e. The van der Waals surface area contributed by atoms with Gasteiger partial charge in [0.25, 0.3) is 11.5 Å². The van der Waals surface area contributed by atoms with Gasteiger partial charge in [-0.25, -0.2) is 14.4 Å². The second-order valence-corrected chi connectivity index (χ2v) is 9.09. The molecule has 11 heteroatoms. The monoisotopic (exact) mass is 540 g/mol. The van der Waals surface area contributed by atoms with E-state index in [2.05, 4.69) is 15.3 Å². The second-order valence-electron chi connectivity index (χ2n) is 8.70. The van der Waals surface area contributed by atoms with E-state index in [0.29, 0.717) is 65.6 Å². The number of nitrogens with zero attached hydrogens (tertiary/aromatic N) is 3. The van der Waals surface area contributed by atoms with Crippen LogP contribution in [0, 0.1) is 0 Å². The van der Waals surface area contributed by atoms with Crippen LogP contribution in [-0.2, 0) is 4.79 Å². The van der Waals surface area contributed by atoms with Gasteiger partial charge in [-0.1, -0.05) is 11.6 Å². The summed E-state index contributed by atoms with van der Waals surface area (Å²) in [5.74, 6) is 2.22. The SMILES string of the molecule is COc1ccc(-c2ccco2)cc1Nc1ncnc2cc(OC)c(OC3CCN(C(=O)C(F)Cl)CC3)cc12. The number of aromatic nitrogens is 2. The molecule has 1 amide bonds. The van der Waals surface area contributed by atoms with Crippen molar-refractivity contribution in [2.75, 3.05) is 32.6 Å². The molecule has 2 aromatic carbocycles. The number of amides is 1. The van der Waals surface area contributed by atoms with Crippen LogP contribution < -0.4 is 19.5 Å². The summed E-state index contributed by atoms with van der Waals surface area (Å²) in [5.41, 5.74) is 0.198. The Hall–Kier alpha value is -4.05. The zero-order valence-electron chi connectivity index (χ0n) is 20.8. The van der Waals surface area contributed by atoms with Crippen LogP contribution in [0.5, 0.6) is 17.2 Å². The van der Waals surface area contributed by atoms with Crippen LogP contribution in [0.1, 0.15) is 12.8 Å². The Morgan fingerprint density at radius 3 is 2.58 bits per heavy atom. The normalized spacial score (nSPS) is 14.8. The number of anilines is 2. The Kier molecular flexibility index (Phi) is 7.50. The Morgan fingerprint density at radius 1 is 1.11 bits per heavy atom. The first-order chi connectivity index (χ1) is 18.5. The van der Waals surface area contributed by atoms with Crippen molar-refractivity contribution < 1.29 is 27.8 Å². The summed E-state index contributed by atoms with van der Waals surface area (Å²) >= 11 is 5.31. The average Bonchev–Trinajstić information content (AvgIpc) is 3.48. The zero-order chi connectivity index (χ0) is 26.6. The summed E-state index contributed by atoms with van der Waals surface area (Å²) in [4.78, 5) is 22.1. The number of ether oxygens (including phenoxy) is 3. The van der Waals surface area contributed by atoms with Crippen molar-refractivity contribution in [3.05, 3.63) is 55.1 Å². The number of likely N-dealkylation sites (tertiary alicyclic amines) is 1. The standard InChI is InChI=1S/C27H26ClFN4O5/c1-35-22-6-5-16(21-4-3-11-37-21)12-20(22)32-26-18-13-24(23(36-2)14-19(18)30-15-31-26)38-17-7-9-33(10-8-17)27(34)25(28)29/h3-6,11-15,17,25H,7-10H2,1-2H3,(H,30,31,32). The van der Waals surface area contributed by atoms with Crippen LogP contribution in [0.2, 0.25) is 0 Å². The van der Waals surface area contributed by atoms with Gasteiger partial charge >= 0.3 is 0 Å². The first-order valence-corrected chi connectivity index (χ1v) is 12.5. The van der Waals surface area contributed by atoms with Gasteiger partial charge in [0.2, 0.25) is 0 Å². The van der Waals surface area contributed by atoms with Gasteiger partial charge in [0.15, 0.2) is 11.5 Å². The fourth-order valence-corrected chi connectivity index (χ4v) is 4.59. The maximum absolute atomic E-state index is 13.2. The average molecular weight is 541 g/mol. The second kappa shape index (κ2) is 11.1.